The average Bonchev–Trinajstić information content (AvgIpc) is 1.67. The lowest BCUT2D eigenvalue weighted by atomic mass is 10.5. The predicted octanol–water partition coefficient (Wildman–Crippen LogP) is -1.09. The molecule has 4 nitrogen and oxygen atoms in total. The van der Waals surface area contributed by atoms with Crippen LogP contribution in [0.4, 0.5) is 0 Å². The minimum Gasteiger partial charge on any atom is -0.768 e. The quantitative estimate of drug-likeness (QED) is 0.376. The van der Waals surface area contributed by atoms with Gasteiger partial charge in [0, 0.05) is 17.5 Å². The Kier molecular flexibility index (Phi) is 2.55. The van der Waals surface area contributed by atoms with Gasteiger partial charge in [-0.3, -0.25) is 4.21 Å². The van der Waals surface area contributed by atoms with E-state index < -0.39 is 16.2 Å². The van der Waals surface area contributed by atoms with Crippen LogP contribution in [0, 0.1) is 0 Å². The van der Waals surface area contributed by atoms with Crippen molar-refractivity contribution < 1.29 is 19.0 Å². The van der Waals surface area contributed by atoms with Crippen LogP contribution >= 0.6 is 0 Å². The zero-order valence-electron chi connectivity index (χ0n) is 4.33. The first-order chi connectivity index (χ1) is 3.50. The van der Waals surface area contributed by atoms with E-state index in [-0.39, 0.29) is 6.42 Å². The molecule has 0 spiro atoms. The van der Waals surface area contributed by atoms with Crippen LogP contribution in [-0.4, -0.2) is 24.1 Å². The highest BCUT2D eigenvalue weighted by Crippen LogP contribution is 2.06. The summed E-state index contributed by atoms with van der Waals surface area (Å²) in [5.74, 6) is 0. The minimum absolute atomic E-state index is 0.219. The van der Waals surface area contributed by atoms with Gasteiger partial charge in [0.05, 0.1) is 0 Å². The summed E-state index contributed by atoms with van der Waals surface area (Å²) >= 11 is -2.81. The predicted molar refractivity (Wildman–Crippen MR) is 26.4 cm³/mol. The standard InChI is InChI=1S/C3H8O4S/c1-2-3(4,5)8(6)7/h4-5H,2H2,1H3,(H,6,7)/p-1. The van der Waals surface area contributed by atoms with E-state index in [0.29, 0.717) is 0 Å². The molecule has 0 amide bonds. The van der Waals surface area contributed by atoms with Gasteiger partial charge in [0.25, 0.3) is 0 Å². The normalized spacial score (nSPS) is 16.0. The first kappa shape index (κ1) is 8.03. The zero-order valence-corrected chi connectivity index (χ0v) is 5.14. The lowest BCUT2D eigenvalue weighted by molar-refractivity contribution is -0.0877. The van der Waals surface area contributed by atoms with Crippen molar-refractivity contribution in [3.05, 3.63) is 0 Å². The summed E-state index contributed by atoms with van der Waals surface area (Å²) in [6, 6.07) is 0. The van der Waals surface area contributed by atoms with Gasteiger partial charge in [0.1, 0.15) is 0 Å². The molecule has 0 radical (unpaired) electrons. The molecule has 0 bridgehead atoms. The molecule has 0 rings (SSSR count). The maximum absolute atomic E-state index is 9.75. The first-order valence-electron chi connectivity index (χ1n) is 2.05. The van der Waals surface area contributed by atoms with E-state index in [9.17, 15) is 8.76 Å². The Morgan fingerprint density at radius 2 is 2.12 bits per heavy atom. The van der Waals surface area contributed by atoms with Crippen LogP contribution in [0.2, 0.25) is 0 Å². The SMILES string of the molecule is CCC(O)(O)S(=O)[O-]. The second-order valence-corrected chi connectivity index (χ2v) is 2.45. The number of hydrogen-bond donors (Lipinski definition) is 2. The molecule has 0 aromatic rings. The number of aliphatic hydroxyl groups is 2. The Morgan fingerprint density at radius 1 is 1.75 bits per heavy atom. The molecule has 50 valence electrons. The summed E-state index contributed by atoms with van der Waals surface area (Å²) < 4.78 is 19.5. The number of rotatable bonds is 2. The van der Waals surface area contributed by atoms with Gasteiger partial charge in [0.2, 0.25) is 5.12 Å². The molecule has 0 aliphatic rings. The average molecular weight is 139 g/mol. The Hall–Kier alpha value is 0.0300. The van der Waals surface area contributed by atoms with Crippen molar-refractivity contribution in [3.63, 3.8) is 0 Å². The molecule has 0 saturated carbocycles. The van der Waals surface area contributed by atoms with E-state index >= 15 is 0 Å². The van der Waals surface area contributed by atoms with E-state index in [1.165, 1.54) is 6.92 Å². The van der Waals surface area contributed by atoms with Gasteiger partial charge in [-0.25, -0.2) is 0 Å². The van der Waals surface area contributed by atoms with E-state index in [2.05, 4.69) is 0 Å². The Labute approximate surface area is 49.4 Å². The third kappa shape index (κ3) is 1.87. The maximum Gasteiger partial charge on any atom is 0.228 e. The van der Waals surface area contributed by atoms with Crippen molar-refractivity contribution in [3.8, 4) is 0 Å². The van der Waals surface area contributed by atoms with Crippen LogP contribution in [0.3, 0.4) is 0 Å². The third-order valence-corrected chi connectivity index (χ3v) is 1.55. The van der Waals surface area contributed by atoms with Crippen LogP contribution < -0.4 is 0 Å². The highest BCUT2D eigenvalue weighted by molar-refractivity contribution is 7.80. The van der Waals surface area contributed by atoms with Crippen molar-refractivity contribution >= 4 is 11.1 Å². The highest BCUT2D eigenvalue weighted by Gasteiger charge is 2.20. The van der Waals surface area contributed by atoms with Gasteiger partial charge in [-0.15, -0.1) is 0 Å². The molecule has 5 heteroatoms. The van der Waals surface area contributed by atoms with E-state index in [4.69, 9.17) is 10.2 Å². The Balaban J connectivity index is 3.91. The third-order valence-electron chi connectivity index (χ3n) is 0.727. The molecule has 1 unspecified atom stereocenters. The number of hydrogen-bond acceptors (Lipinski definition) is 4. The van der Waals surface area contributed by atoms with E-state index in [0.717, 1.165) is 0 Å². The van der Waals surface area contributed by atoms with Crippen molar-refractivity contribution in [1.29, 1.82) is 0 Å². The van der Waals surface area contributed by atoms with Crippen LogP contribution in [0.15, 0.2) is 0 Å². The molecule has 0 fully saturated rings. The fourth-order valence-corrected chi connectivity index (χ4v) is 0.354. The van der Waals surface area contributed by atoms with Crippen LogP contribution in [0.25, 0.3) is 0 Å². The summed E-state index contributed by atoms with van der Waals surface area (Å²) in [5.41, 5.74) is 0. The molecular formula is C3H7O4S-. The van der Waals surface area contributed by atoms with E-state index in [1.54, 1.807) is 0 Å². The molecule has 0 aromatic carbocycles. The van der Waals surface area contributed by atoms with Crippen molar-refractivity contribution in [2.45, 2.75) is 18.5 Å². The fraction of sp³-hybridized carbons (Fsp3) is 1.00. The van der Waals surface area contributed by atoms with Gasteiger partial charge < -0.3 is 14.8 Å². The van der Waals surface area contributed by atoms with Gasteiger partial charge in [-0.2, -0.15) is 0 Å². The van der Waals surface area contributed by atoms with Crippen molar-refractivity contribution in [2.75, 3.05) is 0 Å². The molecule has 2 N–H and O–H groups in total. The van der Waals surface area contributed by atoms with Crippen molar-refractivity contribution in [1.82, 2.24) is 0 Å². The summed E-state index contributed by atoms with van der Waals surface area (Å²) in [4.78, 5) is 0. The molecule has 0 aromatic heterocycles. The lowest BCUT2D eigenvalue weighted by Gasteiger charge is -2.21. The first-order valence-corrected chi connectivity index (χ1v) is 3.12. The summed E-state index contributed by atoms with van der Waals surface area (Å²) in [7, 11) is 0. The van der Waals surface area contributed by atoms with E-state index in [1.807, 2.05) is 0 Å². The lowest BCUT2D eigenvalue weighted by Crippen LogP contribution is -2.32. The largest absolute Gasteiger partial charge is 0.768 e. The van der Waals surface area contributed by atoms with Crippen LogP contribution in [0.1, 0.15) is 13.3 Å². The highest BCUT2D eigenvalue weighted by atomic mass is 32.2. The van der Waals surface area contributed by atoms with Crippen LogP contribution in [0.5, 0.6) is 0 Å². The zero-order chi connectivity index (χ0) is 6.78. The Bertz CT molecular complexity index is 99.5. The second kappa shape index (κ2) is 2.54. The smallest absolute Gasteiger partial charge is 0.228 e. The molecule has 0 heterocycles. The van der Waals surface area contributed by atoms with Gasteiger partial charge >= 0.3 is 0 Å². The van der Waals surface area contributed by atoms with Gasteiger partial charge in [-0.1, -0.05) is 6.92 Å². The monoisotopic (exact) mass is 139 g/mol. The molecule has 0 aliphatic heterocycles. The Morgan fingerprint density at radius 3 is 2.12 bits per heavy atom. The topological polar surface area (TPSA) is 80.6 Å². The molecule has 0 saturated heterocycles. The summed E-state index contributed by atoms with van der Waals surface area (Å²) in [6.07, 6.45) is -0.219. The summed E-state index contributed by atoms with van der Waals surface area (Å²) in [5, 5.41) is 14.1. The van der Waals surface area contributed by atoms with Crippen LogP contribution in [-0.2, 0) is 11.1 Å². The molecule has 0 aliphatic carbocycles. The van der Waals surface area contributed by atoms with Crippen molar-refractivity contribution in [2.24, 2.45) is 0 Å². The molecule has 8 heavy (non-hydrogen) atoms. The maximum atomic E-state index is 9.75. The van der Waals surface area contributed by atoms with Gasteiger partial charge in [-0.05, 0) is 0 Å². The molecular weight excluding hydrogens is 132 g/mol. The van der Waals surface area contributed by atoms with Gasteiger partial charge in [0.15, 0.2) is 0 Å². The summed E-state index contributed by atoms with van der Waals surface area (Å²) in [6.45, 7) is 1.36. The fourth-order valence-electron chi connectivity index (χ4n) is 0.118. The molecule has 1 atom stereocenters. The minimum atomic E-state index is -2.81. The second-order valence-electron chi connectivity index (χ2n) is 1.33.